The van der Waals surface area contributed by atoms with Gasteiger partial charge < -0.3 is 14.8 Å². The lowest BCUT2D eigenvalue weighted by atomic mass is 9.75. The first kappa shape index (κ1) is 21.9. The minimum absolute atomic E-state index is 0.0390. The molecule has 1 aromatic carbocycles. The Hall–Kier alpha value is -3.29. The zero-order valence-corrected chi connectivity index (χ0v) is 18.2. The van der Waals surface area contributed by atoms with Crippen LogP contribution in [0.4, 0.5) is 4.39 Å². The number of amides is 2. The van der Waals surface area contributed by atoms with Crippen LogP contribution in [-0.2, 0) is 17.6 Å². The number of ketones is 1. The largest absolute Gasteiger partial charge is 0.339 e. The molecule has 2 aliphatic rings. The Kier molecular flexibility index (Phi) is 5.71. The highest BCUT2D eigenvalue weighted by Gasteiger charge is 2.34. The molecule has 168 valence electrons. The van der Waals surface area contributed by atoms with Gasteiger partial charge in [-0.25, -0.2) is 4.39 Å². The Morgan fingerprint density at radius 1 is 1.00 bits per heavy atom. The third-order valence-corrected chi connectivity index (χ3v) is 6.14. The van der Waals surface area contributed by atoms with Gasteiger partial charge in [0.05, 0.1) is 6.42 Å². The number of nitrogens with zero attached hydrogens (tertiary/aromatic N) is 2. The van der Waals surface area contributed by atoms with Crippen LogP contribution in [0.15, 0.2) is 35.1 Å². The van der Waals surface area contributed by atoms with E-state index in [1.807, 2.05) is 13.8 Å². The highest BCUT2D eigenvalue weighted by atomic mass is 19.1. The molecule has 7 nitrogen and oxygen atoms in total. The average molecular weight is 439 g/mol. The molecule has 8 heteroatoms. The monoisotopic (exact) mass is 439 g/mol. The summed E-state index contributed by atoms with van der Waals surface area (Å²) < 4.78 is 13.0. The van der Waals surface area contributed by atoms with Gasteiger partial charge in [0.15, 0.2) is 5.78 Å². The second-order valence-electron chi connectivity index (χ2n) is 9.32. The van der Waals surface area contributed by atoms with E-state index in [9.17, 15) is 23.6 Å². The molecular formula is C24H26FN3O4. The van der Waals surface area contributed by atoms with E-state index in [0.29, 0.717) is 50.3 Å². The molecule has 0 spiro atoms. The molecule has 2 heterocycles. The molecule has 0 radical (unpaired) electrons. The maximum atomic E-state index is 13.0. The molecule has 1 fully saturated rings. The Morgan fingerprint density at radius 3 is 2.28 bits per heavy atom. The molecule has 4 rings (SSSR count). The summed E-state index contributed by atoms with van der Waals surface area (Å²) in [6.45, 7) is 5.24. The minimum Gasteiger partial charge on any atom is -0.339 e. The van der Waals surface area contributed by atoms with Gasteiger partial charge in [-0.2, -0.15) is 0 Å². The molecular weight excluding hydrogens is 413 g/mol. The Balaban J connectivity index is 1.42. The van der Waals surface area contributed by atoms with Crippen LogP contribution < -0.4 is 5.56 Å². The van der Waals surface area contributed by atoms with Gasteiger partial charge in [0.1, 0.15) is 11.4 Å². The molecule has 0 bridgehead atoms. The van der Waals surface area contributed by atoms with Crippen LogP contribution in [0.5, 0.6) is 0 Å². The number of aromatic amines is 1. The summed E-state index contributed by atoms with van der Waals surface area (Å²) >= 11 is 0. The van der Waals surface area contributed by atoms with Crippen molar-refractivity contribution < 1.29 is 18.8 Å². The molecule has 32 heavy (non-hydrogen) atoms. The smallest absolute Gasteiger partial charge is 0.261 e. The highest BCUT2D eigenvalue weighted by molar-refractivity contribution is 6.02. The molecule has 1 aliphatic carbocycles. The summed E-state index contributed by atoms with van der Waals surface area (Å²) in [5.74, 6) is -0.950. The standard InChI is InChI=1S/C24H26FN3O4/c1-24(2)13-19-17(20(29)14-24)12-18(22(31)26-19)23(32)28-9-7-27(8-10-28)21(30)11-15-3-5-16(25)6-4-15/h3-6,12H,7-11,13-14H2,1-2H3,(H,26,31). The molecule has 1 saturated heterocycles. The predicted octanol–water partition coefficient (Wildman–Crippen LogP) is 2.20. The molecule has 2 amide bonds. The number of carbonyl (C=O) groups is 3. The highest BCUT2D eigenvalue weighted by Crippen LogP contribution is 2.33. The van der Waals surface area contributed by atoms with Crippen molar-refractivity contribution in [3.8, 4) is 0 Å². The van der Waals surface area contributed by atoms with Crippen molar-refractivity contribution in [3.05, 3.63) is 68.9 Å². The molecule has 1 N–H and O–H groups in total. The lowest BCUT2D eigenvalue weighted by Crippen LogP contribution is -2.51. The van der Waals surface area contributed by atoms with Gasteiger partial charge in [-0.05, 0) is 35.6 Å². The fraction of sp³-hybridized carbons (Fsp3) is 0.417. The van der Waals surface area contributed by atoms with Gasteiger partial charge in [-0.15, -0.1) is 0 Å². The van der Waals surface area contributed by atoms with Crippen LogP contribution >= 0.6 is 0 Å². The Labute approximate surface area is 185 Å². The van der Waals surface area contributed by atoms with Crippen LogP contribution in [-0.4, -0.2) is 58.6 Å². The molecule has 1 aliphatic heterocycles. The molecule has 1 aromatic heterocycles. The van der Waals surface area contributed by atoms with Crippen LogP contribution in [0.25, 0.3) is 0 Å². The van der Waals surface area contributed by atoms with Crippen molar-refractivity contribution in [2.75, 3.05) is 26.2 Å². The van der Waals surface area contributed by atoms with Crippen molar-refractivity contribution in [2.45, 2.75) is 33.1 Å². The number of benzene rings is 1. The first-order valence-corrected chi connectivity index (χ1v) is 10.7. The maximum Gasteiger partial charge on any atom is 0.261 e. The van der Waals surface area contributed by atoms with E-state index in [0.717, 1.165) is 5.56 Å². The number of fused-ring (bicyclic) bond motifs is 1. The number of aromatic nitrogens is 1. The normalized spacial score (nSPS) is 17.8. The lowest BCUT2D eigenvalue weighted by Gasteiger charge is -2.35. The number of hydrogen-bond acceptors (Lipinski definition) is 4. The van der Waals surface area contributed by atoms with Gasteiger partial charge in [0, 0.05) is 43.9 Å². The summed E-state index contributed by atoms with van der Waals surface area (Å²) in [6.07, 6.45) is 1.11. The van der Waals surface area contributed by atoms with Gasteiger partial charge >= 0.3 is 0 Å². The third kappa shape index (κ3) is 4.49. The average Bonchev–Trinajstić information content (AvgIpc) is 2.74. The first-order valence-electron chi connectivity index (χ1n) is 10.7. The van der Waals surface area contributed by atoms with Crippen LogP contribution in [0.1, 0.15) is 52.2 Å². The molecule has 2 aromatic rings. The number of pyridine rings is 1. The van der Waals surface area contributed by atoms with E-state index in [1.165, 1.54) is 23.1 Å². The number of halogens is 1. The van der Waals surface area contributed by atoms with Crippen LogP contribution in [0, 0.1) is 11.2 Å². The zero-order valence-electron chi connectivity index (χ0n) is 18.2. The summed E-state index contributed by atoms with van der Waals surface area (Å²) in [6, 6.07) is 7.23. The van der Waals surface area contributed by atoms with Gasteiger partial charge in [0.2, 0.25) is 5.91 Å². The van der Waals surface area contributed by atoms with E-state index in [-0.39, 0.29) is 34.9 Å². The minimum atomic E-state index is -0.492. The number of hydrogen-bond donors (Lipinski definition) is 1. The number of rotatable bonds is 3. The number of H-pyrrole nitrogens is 1. The number of nitrogens with one attached hydrogen (secondary N) is 1. The predicted molar refractivity (Wildman–Crippen MR) is 116 cm³/mol. The van der Waals surface area contributed by atoms with Crippen LogP contribution in [0.2, 0.25) is 0 Å². The summed E-state index contributed by atoms with van der Waals surface area (Å²) in [4.78, 5) is 56.6. The second kappa shape index (κ2) is 8.33. The SMILES string of the molecule is CC1(C)CC(=O)c2cc(C(=O)N3CCN(C(=O)Cc4ccc(F)cc4)CC3)c(=O)[nH]c2C1. The van der Waals surface area contributed by atoms with E-state index >= 15 is 0 Å². The fourth-order valence-electron chi connectivity index (χ4n) is 4.40. The molecule has 0 unspecified atom stereocenters. The van der Waals surface area contributed by atoms with Gasteiger partial charge in [-0.1, -0.05) is 26.0 Å². The number of piperazine rings is 1. The molecule has 0 atom stereocenters. The topological polar surface area (TPSA) is 90.6 Å². The number of carbonyl (C=O) groups excluding carboxylic acids is 3. The third-order valence-electron chi connectivity index (χ3n) is 6.14. The second-order valence-corrected chi connectivity index (χ2v) is 9.32. The van der Waals surface area contributed by atoms with Crippen LogP contribution in [0.3, 0.4) is 0 Å². The number of Topliss-reactive ketones (excluding diaryl/α,β-unsaturated/α-hetero) is 1. The van der Waals surface area contributed by atoms with Crippen molar-refractivity contribution in [1.29, 1.82) is 0 Å². The quantitative estimate of drug-likeness (QED) is 0.794. The fourth-order valence-corrected chi connectivity index (χ4v) is 4.40. The van der Waals surface area contributed by atoms with E-state index in [2.05, 4.69) is 4.98 Å². The van der Waals surface area contributed by atoms with Crippen molar-refractivity contribution in [1.82, 2.24) is 14.8 Å². The zero-order chi connectivity index (χ0) is 23.0. The Morgan fingerprint density at radius 2 is 1.62 bits per heavy atom. The molecule has 0 saturated carbocycles. The summed E-state index contributed by atoms with van der Waals surface area (Å²) in [5, 5.41) is 0. The van der Waals surface area contributed by atoms with Gasteiger partial charge in [-0.3, -0.25) is 19.2 Å². The summed E-state index contributed by atoms with van der Waals surface area (Å²) in [7, 11) is 0. The summed E-state index contributed by atoms with van der Waals surface area (Å²) in [5.41, 5.74) is 0.972. The van der Waals surface area contributed by atoms with Gasteiger partial charge in [0.25, 0.3) is 11.5 Å². The van der Waals surface area contributed by atoms with Crippen molar-refractivity contribution in [3.63, 3.8) is 0 Å². The first-order chi connectivity index (χ1) is 15.1. The van der Waals surface area contributed by atoms with Crippen molar-refractivity contribution in [2.24, 2.45) is 5.41 Å². The van der Waals surface area contributed by atoms with E-state index in [1.54, 1.807) is 17.0 Å². The lowest BCUT2D eigenvalue weighted by molar-refractivity contribution is -0.131. The Bertz CT molecular complexity index is 1130. The van der Waals surface area contributed by atoms with E-state index in [4.69, 9.17) is 0 Å². The maximum absolute atomic E-state index is 13.0. The van der Waals surface area contributed by atoms with E-state index < -0.39 is 11.5 Å². The van der Waals surface area contributed by atoms with Crippen molar-refractivity contribution >= 4 is 17.6 Å².